The Bertz CT molecular complexity index is 408. The number of quaternary nitrogens is 1. The lowest BCUT2D eigenvalue weighted by molar-refractivity contribution is -1.05. The van der Waals surface area contributed by atoms with E-state index in [1.54, 1.807) is 14.1 Å². The highest BCUT2D eigenvalue weighted by Crippen LogP contribution is 2.12. The molecule has 8 heteroatoms. The summed E-state index contributed by atoms with van der Waals surface area (Å²) >= 11 is 0. The lowest BCUT2D eigenvalue weighted by atomic mass is 10.1. The summed E-state index contributed by atoms with van der Waals surface area (Å²) in [7, 11) is -1.24. The van der Waals surface area contributed by atoms with Crippen LogP contribution in [0, 0.1) is 0 Å². The van der Waals surface area contributed by atoms with E-state index in [-0.39, 0.29) is 11.1 Å². The molecule has 0 fully saturated rings. The van der Waals surface area contributed by atoms with Crippen molar-refractivity contribution in [2.45, 2.75) is 64.2 Å². The van der Waals surface area contributed by atoms with E-state index in [0.717, 1.165) is 57.8 Å². The van der Waals surface area contributed by atoms with E-state index in [4.69, 9.17) is 9.66 Å². The van der Waals surface area contributed by atoms with Gasteiger partial charge in [0.2, 0.25) is 0 Å². The molecule has 2 N–H and O–H groups in total. The van der Waals surface area contributed by atoms with E-state index in [1.807, 2.05) is 0 Å². The molecule has 0 aliphatic carbocycles. The van der Waals surface area contributed by atoms with Crippen LogP contribution in [-0.4, -0.2) is 49.3 Å². The van der Waals surface area contributed by atoms with Gasteiger partial charge in [0.25, 0.3) is 0 Å². The van der Waals surface area contributed by atoms with Gasteiger partial charge in [-0.05, 0) is 23.5 Å². The van der Waals surface area contributed by atoms with E-state index >= 15 is 0 Å². The summed E-state index contributed by atoms with van der Waals surface area (Å²) in [4.78, 5) is 10.3. The van der Waals surface area contributed by atoms with Crippen molar-refractivity contribution < 1.29 is 31.8 Å². The van der Waals surface area contributed by atoms with Gasteiger partial charge >= 0.3 is 16.4 Å². The number of rotatable bonds is 14. The van der Waals surface area contributed by atoms with Crippen molar-refractivity contribution in [3.05, 3.63) is 0 Å². The number of nitrogens with zero attached hydrogens (tertiary/aromatic N) is 1. The van der Waals surface area contributed by atoms with Gasteiger partial charge in [-0.15, -0.1) is 0 Å². The summed E-state index contributed by atoms with van der Waals surface area (Å²) in [6, 6.07) is 0. The first-order valence-corrected chi connectivity index (χ1v) is 9.22. The summed E-state index contributed by atoms with van der Waals surface area (Å²) < 4.78 is 34.3. The fourth-order valence-corrected chi connectivity index (χ4v) is 2.88. The number of hydroxylamine groups is 3. The molecule has 132 valence electrons. The van der Waals surface area contributed by atoms with E-state index < -0.39 is 16.4 Å². The molecule has 0 aliphatic heterocycles. The fourth-order valence-electron chi connectivity index (χ4n) is 2.30. The zero-order valence-electron chi connectivity index (χ0n) is 13.7. The quantitative estimate of drug-likeness (QED) is 0.218. The van der Waals surface area contributed by atoms with Crippen LogP contribution in [0.15, 0.2) is 0 Å². The van der Waals surface area contributed by atoms with Gasteiger partial charge in [0.15, 0.2) is 0 Å². The smallest absolute Gasteiger partial charge is 0.442 e. The summed E-state index contributed by atoms with van der Waals surface area (Å²) in [5.41, 5.74) is 0. The molecule has 7 nitrogen and oxygen atoms in total. The zero-order valence-corrected chi connectivity index (χ0v) is 14.5. The Morgan fingerprint density at radius 1 is 0.909 bits per heavy atom. The van der Waals surface area contributed by atoms with E-state index in [0.29, 0.717) is 6.54 Å². The molecule has 0 aromatic carbocycles. The van der Waals surface area contributed by atoms with Crippen molar-refractivity contribution in [2.24, 2.45) is 0 Å². The van der Waals surface area contributed by atoms with Crippen molar-refractivity contribution in [3.63, 3.8) is 0 Å². The van der Waals surface area contributed by atoms with Crippen molar-refractivity contribution in [1.29, 1.82) is 0 Å². The molecule has 0 spiro atoms. The Morgan fingerprint density at radius 2 is 1.32 bits per heavy atom. The minimum atomic E-state index is -4.41. The Hall–Kier alpha value is -0.700. The van der Waals surface area contributed by atoms with Crippen LogP contribution in [0.2, 0.25) is 0 Å². The van der Waals surface area contributed by atoms with Gasteiger partial charge in [0.1, 0.15) is 6.54 Å². The maximum absolute atomic E-state index is 10.7. The number of hydrogen-bond donors (Lipinski definition) is 2. The lowest BCUT2D eigenvalue weighted by Crippen LogP contribution is -2.42. The maximum atomic E-state index is 10.7. The molecule has 0 bridgehead atoms. The van der Waals surface area contributed by atoms with Gasteiger partial charge in [-0.25, -0.2) is 0 Å². The Labute approximate surface area is 133 Å². The molecule has 0 heterocycles. The molecule has 0 unspecified atom stereocenters. The molecule has 0 saturated heterocycles. The third-order valence-corrected chi connectivity index (χ3v) is 3.98. The number of carbonyl (C=O) groups is 1. The molecule has 0 atom stereocenters. The molecule has 0 rings (SSSR count). The second kappa shape index (κ2) is 10.9. The van der Waals surface area contributed by atoms with Crippen LogP contribution >= 0.6 is 0 Å². The van der Waals surface area contributed by atoms with Gasteiger partial charge < -0.3 is 5.11 Å². The number of aliphatic carboxylic acids is 1. The van der Waals surface area contributed by atoms with Crippen molar-refractivity contribution >= 4 is 16.4 Å². The van der Waals surface area contributed by atoms with Crippen LogP contribution < -0.4 is 0 Å². The van der Waals surface area contributed by atoms with Crippen LogP contribution in [0.1, 0.15) is 64.2 Å². The standard InChI is InChI=1S/C14H29NO6S/c1-15(2,21-22(18,19)20)13-11-9-7-5-3-4-6-8-10-12-14(16)17/h3-13H2,1-2H3,(H-,16,17,18,19,20)/p+1. The Morgan fingerprint density at radius 3 is 1.73 bits per heavy atom. The van der Waals surface area contributed by atoms with Crippen molar-refractivity contribution in [2.75, 3.05) is 20.6 Å². The lowest BCUT2D eigenvalue weighted by Gasteiger charge is -2.23. The van der Waals surface area contributed by atoms with Gasteiger partial charge in [0.05, 0.1) is 14.1 Å². The first-order valence-electron chi connectivity index (χ1n) is 7.86. The SMILES string of the molecule is C[N+](C)(CCCCCCCCCCCC(=O)O)OS(=O)(=O)O. The molecule has 0 aromatic rings. The van der Waals surface area contributed by atoms with Gasteiger partial charge in [0, 0.05) is 6.42 Å². The van der Waals surface area contributed by atoms with E-state index in [2.05, 4.69) is 4.28 Å². The van der Waals surface area contributed by atoms with E-state index in [1.165, 1.54) is 0 Å². The molecule has 22 heavy (non-hydrogen) atoms. The largest absolute Gasteiger partial charge is 0.481 e. The van der Waals surface area contributed by atoms with Gasteiger partial charge in [-0.3, -0.25) is 9.35 Å². The molecular formula is C14H30NO6S+. The predicted molar refractivity (Wildman–Crippen MR) is 83.4 cm³/mol. The summed E-state index contributed by atoms with van der Waals surface area (Å²) in [5, 5.41) is 8.50. The first-order chi connectivity index (χ1) is 10.1. The first kappa shape index (κ1) is 21.3. The Kier molecular flexibility index (Phi) is 10.6. The average molecular weight is 340 g/mol. The van der Waals surface area contributed by atoms with Crippen LogP contribution in [0.4, 0.5) is 0 Å². The normalized spacial score (nSPS) is 12.5. The van der Waals surface area contributed by atoms with Gasteiger partial charge in [-0.2, -0.15) is 13.1 Å². The highest BCUT2D eigenvalue weighted by Gasteiger charge is 2.24. The third kappa shape index (κ3) is 15.7. The molecular weight excluding hydrogens is 310 g/mol. The molecule has 0 amide bonds. The third-order valence-electron chi connectivity index (χ3n) is 3.38. The summed E-state index contributed by atoms with van der Waals surface area (Å²) in [6.45, 7) is 0.523. The van der Waals surface area contributed by atoms with Crippen LogP contribution in [0.25, 0.3) is 0 Å². The number of carboxylic acid groups (broad SMARTS) is 1. The van der Waals surface area contributed by atoms with Crippen molar-refractivity contribution in [1.82, 2.24) is 0 Å². The van der Waals surface area contributed by atoms with Crippen LogP contribution in [0.3, 0.4) is 0 Å². The predicted octanol–water partition coefficient (Wildman–Crippen LogP) is 2.78. The number of carboxylic acids is 1. The zero-order chi connectivity index (χ0) is 17.1. The molecule has 0 radical (unpaired) electrons. The van der Waals surface area contributed by atoms with Crippen LogP contribution in [-0.2, 0) is 19.5 Å². The number of unbranched alkanes of at least 4 members (excludes halogenated alkanes) is 8. The highest BCUT2D eigenvalue weighted by molar-refractivity contribution is 7.80. The number of hydrogen-bond acceptors (Lipinski definition) is 4. The summed E-state index contributed by atoms with van der Waals surface area (Å²) in [5.74, 6) is -0.723. The summed E-state index contributed by atoms with van der Waals surface area (Å²) in [6.07, 6.45) is 9.41. The minimum absolute atomic E-state index is 0.206. The second-order valence-electron chi connectivity index (χ2n) is 6.13. The fraction of sp³-hybridized carbons (Fsp3) is 0.929. The average Bonchev–Trinajstić information content (AvgIpc) is 2.32. The molecule has 0 aromatic heterocycles. The molecule has 0 saturated carbocycles. The topological polar surface area (TPSA) is 101 Å². The second-order valence-corrected chi connectivity index (χ2v) is 7.13. The highest BCUT2D eigenvalue weighted by atomic mass is 32.3. The van der Waals surface area contributed by atoms with Crippen LogP contribution in [0.5, 0.6) is 0 Å². The Balaban J connectivity index is 3.42. The van der Waals surface area contributed by atoms with Gasteiger partial charge in [-0.1, -0.05) is 38.5 Å². The monoisotopic (exact) mass is 340 g/mol. The minimum Gasteiger partial charge on any atom is -0.481 e. The van der Waals surface area contributed by atoms with E-state index in [9.17, 15) is 13.2 Å². The molecule has 0 aliphatic rings. The van der Waals surface area contributed by atoms with Crippen molar-refractivity contribution in [3.8, 4) is 0 Å². The maximum Gasteiger partial charge on any atom is 0.442 e.